The van der Waals surface area contributed by atoms with Crippen molar-refractivity contribution in [2.24, 2.45) is 5.92 Å². The summed E-state index contributed by atoms with van der Waals surface area (Å²) in [6, 6.07) is 4.18. The summed E-state index contributed by atoms with van der Waals surface area (Å²) >= 11 is 0. The molecule has 1 aromatic heterocycles. The van der Waals surface area contributed by atoms with E-state index in [1.54, 1.807) is 12.3 Å². The van der Waals surface area contributed by atoms with Crippen LogP contribution in [0.3, 0.4) is 0 Å². The van der Waals surface area contributed by atoms with E-state index in [-0.39, 0.29) is 0 Å². The van der Waals surface area contributed by atoms with Crippen LogP contribution in [-0.2, 0) is 0 Å². The first-order valence-corrected chi connectivity index (χ1v) is 5.16. The summed E-state index contributed by atoms with van der Waals surface area (Å²) in [6.07, 6.45) is 3.92. The average Bonchev–Trinajstić information content (AvgIpc) is 2.99. The quantitative estimate of drug-likeness (QED) is 0.783. The van der Waals surface area contributed by atoms with Crippen molar-refractivity contribution in [1.29, 1.82) is 5.26 Å². The normalized spacial score (nSPS) is 23.2. The zero-order chi connectivity index (χ0) is 10.8. The Morgan fingerprint density at radius 1 is 1.73 bits per heavy atom. The molecule has 4 nitrogen and oxygen atoms in total. The third kappa shape index (κ3) is 2.01. The molecule has 0 saturated heterocycles. The van der Waals surface area contributed by atoms with E-state index in [4.69, 9.17) is 11.0 Å². The van der Waals surface area contributed by atoms with Crippen LogP contribution in [0.5, 0.6) is 0 Å². The summed E-state index contributed by atoms with van der Waals surface area (Å²) in [7, 11) is 0. The molecule has 0 amide bonds. The van der Waals surface area contributed by atoms with Gasteiger partial charge < -0.3 is 11.1 Å². The molecule has 78 valence electrons. The first kappa shape index (κ1) is 9.78. The highest BCUT2D eigenvalue weighted by molar-refractivity contribution is 5.63. The standard InChI is InChI=1S/C11H14N4/c1-2-8-4-10(8)15-11-9(13)3-7(5-12)6-14-11/h3,6,8,10H,2,4,13H2,1H3,(H,14,15). The molecule has 1 aliphatic rings. The molecule has 15 heavy (non-hydrogen) atoms. The highest BCUT2D eigenvalue weighted by atomic mass is 15.1. The molecule has 0 bridgehead atoms. The first-order chi connectivity index (χ1) is 7.24. The van der Waals surface area contributed by atoms with Crippen LogP contribution in [0.25, 0.3) is 0 Å². The van der Waals surface area contributed by atoms with Crippen molar-refractivity contribution < 1.29 is 0 Å². The molecule has 4 heteroatoms. The van der Waals surface area contributed by atoms with Crippen LogP contribution < -0.4 is 11.1 Å². The number of nitrogens with one attached hydrogen (secondary N) is 1. The van der Waals surface area contributed by atoms with E-state index < -0.39 is 0 Å². The molecule has 1 aliphatic carbocycles. The van der Waals surface area contributed by atoms with Crippen LogP contribution >= 0.6 is 0 Å². The lowest BCUT2D eigenvalue weighted by Crippen LogP contribution is -2.08. The molecule has 0 aromatic carbocycles. The van der Waals surface area contributed by atoms with Gasteiger partial charge in [0.05, 0.1) is 11.3 Å². The Morgan fingerprint density at radius 3 is 3.07 bits per heavy atom. The van der Waals surface area contributed by atoms with Crippen LogP contribution in [0, 0.1) is 17.2 Å². The van der Waals surface area contributed by atoms with Crippen LogP contribution in [0.2, 0.25) is 0 Å². The number of pyridine rings is 1. The van der Waals surface area contributed by atoms with Crippen molar-refractivity contribution >= 4 is 11.5 Å². The lowest BCUT2D eigenvalue weighted by molar-refractivity contribution is 0.773. The molecule has 2 rings (SSSR count). The Bertz CT molecular complexity index is 408. The van der Waals surface area contributed by atoms with Crippen molar-refractivity contribution in [2.45, 2.75) is 25.8 Å². The molecule has 0 radical (unpaired) electrons. The van der Waals surface area contributed by atoms with Crippen LogP contribution in [-0.4, -0.2) is 11.0 Å². The minimum absolute atomic E-state index is 0.501. The topological polar surface area (TPSA) is 74.7 Å². The lowest BCUT2D eigenvalue weighted by Gasteiger charge is -2.07. The monoisotopic (exact) mass is 202 g/mol. The predicted octanol–water partition coefficient (Wildman–Crippen LogP) is 1.75. The van der Waals surface area contributed by atoms with Crippen LogP contribution in [0.4, 0.5) is 11.5 Å². The maximum atomic E-state index is 8.66. The summed E-state index contributed by atoms with van der Waals surface area (Å²) < 4.78 is 0. The molecule has 1 saturated carbocycles. The Hall–Kier alpha value is -1.76. The highest BCUT2D eigenvalue weighted by Gasteiger charge is 2.35. The number of hydrogen-bond acceptors (Lipinski definition) is 4. The Labute approximate surface area is 89.1 Å². The van der Waals surface area contributed by atoms with Crippen molar-refractivity contribution in [3.05, 3.63) is 17.8 Å². The number of rotatable bonds is 3. The zero-order valence-corrected chi connectivity index (χ0v) is 8.70. The maximum Gasteiger partial charge on any atom is 0.149 e. The van der Waals surface area contributed by atoms with Crippen molar-refractivity contribution in [2.75, 3.05) is 11.1 Å². The van der Waals surface area contributed by atoms with Gasteiger partial charge in [-0.25, -0.2) is 4.98 Å². The van der Waals surface area contributed by atoms with Crippen molar-refractivity contribution in [3.63, 3.8) is 0 Å². The SMILES string of the molecule is CCC1CC1Nc1ncc(C#N)cc1N. The van der Waals surface area contributed by atoms with E-state index >= 15 is 0 Å². The molecule has 3 N–H and O–H groups in total. The third-order valence-corrected chi connectivity index (χ3v) is 2.82. The van der Waals surface area contributed by atoms with Gasteiger partial charge in [0.15, 0.2) is 0 Å². The van der Waals surface area contributed by atoms with Gasteiger partial charge in [0.1, 0.15) is 11.9 Å². The number of nitrogens with zero attached hydrogens (tertiary/aromatic N) is 2. The van der Waals surface area contributed by atoms with Gasteiger partial charge in [-0.15, -0.1) is 0 Å². The minimum atomic E-state index is 0.501. The molecular weight excluding hydrogens is 188 g/mol. The van der Waals surface area contributed by atoms with E-state index in [1.165, 1.54) is 12.8 Å². The van der Waals surface area contributed by atoms with Gasteiger partial charge in [-0.1, -0.05) is 13.3 Å². The highest BCUT2D eigenvalue weighted by Crippen LogP contribution is 2.36. The Morgan fingerprint density at radius 2 is 2.53 bits per heavy atom. The number of aromatic nitrogens is 1. The Kier molecular flexibility index (Phi) is 2.46. The molecular formula is C11H14N4. The van der Waals surface area contributed by atoms with E-state index in [0.29, 0.717) is 23.1 Å². The summed E-state index contributed by atoms with van der Waals surface area (Å²) in [4.78, 5) is 4.14. The second kappa shape index (κ2) is 3.77. The fourth-order valence-corrected chi connectivity index (χ4v) is 1.71. The largest absolute Gasteiger partial charge is 0.396 e. The van der Waals surface area contributed by atoms with Gasteiger partial charge >= 0.3 is 0 Å². The first-order valence-electron chi connectivity index (χ1n) is 5.16. The molecule has 1 aromatic rings. The number of nitrogen functional groups attached to an aromatic ring is 1. The number of nitriles is 1. The molecule has 0 spiro atoms. The van der Waals surface area contributed by atoms with E-state index in [2.05, 4.69) is 17.2 Å². The lowest BCUT2D eigenvalue weighted by atomic mass is 10.2. The van der Waals surface area contributed by atoms with Gasteiger partial charge in [-0.05, 0) is 18.4 Å². The fraction of sp³-hybridized carbons (Fsp3) is 0.455. The molecule has 0 aliphatic heterocycles. The van der Waals surface area contributed by atoms with Gasteiger partial charge in [0, 0.05) is 12.2 Å². The predicted molar refractivity (Wildman–Crippen MR) is 59.2 cm³/mol. The number of hydrogen-bond donors (Lipinski definition) is 2. The fourth-order valence-electron chi connectivity index (χ4n) is 1.71. The maximum absolute atomic E-state index is 8.66. The number of nitrogens with two attached hydrogens (primary N) is 1. The average molecular weight is 202 g/mol. The number of anilines is 2. The van der Waals surface area contributed by atoms with Crippen molar-refractivity contribution in [1.82, 2.24) is 4.98 Å². The smallest absolute Gasteiger partial charge is 0.149 e. The van der Waals surface area contributed by atoms with Gasteiger partial charge in [0.25, 0.3) is 0 Å². The third-order valence-electron chi connectivity index (χ3n) is 2.82. The van der Waals surface area contributed by atoms with E-state index in [0.717, 1.165) is 5.92 Å². The minimum Gasteiger partial charge on any atom is -0.396 e. The molecule has 1 heterocycles. The zero-order valence-electron chi connectivity index (χ0n) is 8.70. The van der Waals surface area contributed by atoms with Crippen molar-refractivity contribution in [3.8, 4) is 6.07 Å². The molecule has 1 fully saturated rings. The summed E-state index contributed by atoms with van der Waals surface area (Å²) in [6.45, 7) is 2.18. The van der Waals surface area contributed by atoms with E-state index in [1.807, 2.05) is 6.07 Å². The summed E-state index contributed by atoms with van der Waals surface area (Å²) in [5.41, 5.74) is 6.84. The Balaban J connectivity index is 2.07. The van der Waals surface area contributed by atoms with Crippen LogP contribution in [0.15, 0.2) is 12.3 Å². The van der Waals surface area contributed by atoms with Gasteiger partial charge in [-0.3, -0.25) is 0 Å². The van der Waals surface area contributed by atoms with Gasteiger partial charge in [-0.2, -0.15) is 5.26 Å². The second-order valence-electron chi connectivity index (χ2n) is 3.93. The second-order valence-corrected chi connectivity index (χ2v) is 3.93. The summed E-state index contributed by atoms with van der Waals surface area (Å²) in [5.74, 6) is 1.46. The van der Waals surface area contributed by atoms with E-state index in [9.17, 15) is 0 Å². The van der Waals surface area contributed by atoms with Crippen LogP contribution in [0.1, 0.15) is 25.3 Å². The summed E-state index contributed by atoms with van der Waals surface area (Å²) in [5, 5.41) is 12.0. The molecule has 2 unspecified atom stereocenters. The van der Waals surface area contributed by atoms with Gasteiger partial charge in [0.2, 0.25) is 0 Å². The molecule has 2 atom stereocenters.